The molecule has 3 rings (SSSR count). The molecule has 0 radical (unpaired) electrons. The van der Waals surface area contributed by atoms with E-state index in [-0.39, 0.29) is 0 Å². The van der Waals surface area contributed by atoms with Crippen molar-refractivity contribution in [2.45, 2.75) is 19.9 Å². The van der Waals surface area contributed by atoms with Gasteiger partial charge in [-0.25, -0.2) is 0 Å². The van der Waals surface area contributed by atoms with Crippen LogP contribution in [0.25, 0.3) is 10.9 Å². The van der Waals surface area contributed by atoms with Gasteiger partial charge in [0, 0.05) is 18.8 Å². The minimum Gasteiger partial charge on any atom is -0.341 e. The zero-order valence-electron chi connectivity index (χ0n) is 12.3. The number of nitrogens with two attached hydrogens (primary N) is 1. The van der Waals surface area contributed by atoms with Gasteiger partial charge in [-0.3, -0.25) is 4.68 Å². The summed E-state index contributed by atoms with van der Waals surface area (Å²) in [6.45, 7) is 3.49. The topological polar surface area (TPSA) is 48.8 Å². The first-order valence-corrected chi connectivity index (χ1v) is 7.85. The second-order valence-electron chi connectivity index (χ2n) is 5.35. The highest BCUT2D eigenvalue weighted by atomic mass is 79.9. The molecule has 0 fully saturated rings. The predicted molar refractivity (Wildman–Crippen MR) is 89.4 cm³/mol. The number of fused-ring (bicyclic) bond motifs is 1. The Morgan fingerprint density at radius 2 is 2.10 bits per heavy atom. The van der Waals surface area contributed by atoms with Gasteiger partial charge in [0.2, 0.25) is 0 Å². The molecule has 2 aromatic heterocycles. The maximum atomic E-state index is 5.66. The number of aryl methyl sites for hydroxylation is 2. The number of rotatable bonds is 4. The highest BCUT2D eigenvalue weighted by molar-refractivity contribution is 9.10. The van der Waals surface area contributed by atoms with Gasteiger partial charge < -0.3 is 10.3 Å². The molecule has 0 aliphatic heterocycles. The second-order valence-corrected chi connectivity index (χ2v) is 6.14. The molecule has 0 atom stereocenters. The van der Waals surface area contributed by atoms with Crippen LogP contribution in [-0.2, 0) is 20.0 Å². The SMILES string of the molecule is Cc1nn(C)c(Cn2ccc3ccc(CCN)cc32)c1Br. The van der Waals surface area contributed by atoms with Gasteiger partial charge in [-0.05, 0) is 58.9 Å². The Hall–Kier alpha value is -1.59. The molecule has 0 bridgehead atoms. The molecular formula is C16H19BrN4. The molecular weight excluding hydrogens is 328 g/mol. The van der Waals surface area contributed by atoms with Gasteiger partial charge in [-0.2, -0.15) is 5.10 Å². The standard InChI is InChI=1S/C16H19BrN4/c1-11-16(17)15(20(2)19-11)10-21-8-6-13-4-3-12(5-7-18)9-14(13)21/h3-4,6,8-9H,5,7,10,18H2,1-2H3. The maximum absolute atomic E-state index is 5.66. The third kappa shape index (κ3) is 2.63. The lowest BCUT2D eigenvalue weighted by Crippen LogP contribution is -2.06. The molecule has 5 heteroatoms. The Kier molecular flexibility index (Phi) is 3.87. The highest BCUT2D eigenvalue weighted by Gasteiger charge is 2.12. The van der Waals surface area contributed by atoms with Gasteiger partial charge in [0.25, 0.3) is 0 Å². The summed E-state index contributed by atoms with van der Waals surface area (Å²) in [5.41, 5.74) is 10.4. The van der Waals surface area contributed by atoms with Crippen LogP contribution in [0.4, 0.5) is 0 Å². The molecule has 0 spiro atoms. The smallest absolute Gasteiger partial charge is 0.0739 e. The van der Waals surface area contributed by atoms with Gasteiger partial charge >= 0.3 is 0 Å². The van der Waals surface area contributed by atoms with Crippen molar-refractivity contribution in [2.24, 2.45) is 12.8 Å². The molecule has 4 nitrogen and oxygen atoms in total. The summed E-state index contributed by atoms with van der Waals surface area (Å²) in [4.78, 5) is 0. The van der Waals surface area contributed by atoms with Crippen LogP contribution in [0.3, 0.4) is 0 Å². The molecule has 0 aliphatic carbocycles. The lowest BCUT2D eigenvalue weighted by Gasteiger charge is -2.08. The Morgan fingerprint density at radius 3 is 2.76 bits per heavy atom. The number of nitrogens with zero attached hydrogens (tertiary/aromatic N) is 3. The molecule has 0 saturated carbocycles. The zero-order chi connectivity index (χ0) is 15.0. The lowest BCUT2D eigenvalue weighted by molar-refractivity contribution is 0.671. The third-order valence-electron chi connectivity index (χ3n) is 3.85. The Balaban J connectivity index is 2.02. The van der Waals surface area contributed by atoms with Crippen LogP contribution in [0.5, 0.6) is 0 Å². The molecule has 0 aliphatic rings. The minimum atomic E-state index is 0.679. The van der Waals surface area contributed by atoms with E-state index in [0.29, 0.717) is 6.54 Å². The number of benzene rings is 1. The first-order chi connectivity index (χ1) is 10.1. The Bertz CT molecular complexity index is 785. The van der Waals surface area contributed by atoms with Crippen LogP contribution in [0, 0.1) is 6.92 Å². The van der Waals surface area contributed by atoms with E-state index in [4.69, 9.17) is 5.73 Å². The normalized spacial score (nSPS) is 11.4. The Morgan fingerprint density at radius 1 is 1.29 bits per heavy atom. The van der Waals surface area contributed by atoms with Crippen molar-refractivity contribution < 1.29 is 0 Å². The number of aromatic nitrogens is 3. The van der Waals surface area contributed by atoms with Crippen LogP contribution < -0.4 is 5.73 Å². The average molecular weight is 347 g/mol. The summed E-state index contributed by atoms with van der Waals surface area (Å²) in [7, 11) is 1.98. The lowest BCUT2D eigenvalue weighted by atomic mass is 10.1. The van der Waals surface area contributed by atoms with Crippen LogP contribution in [0.2, 0.25) is 0 Å². The van der Waals surface area contributed by atoms with E-state index < -0.39 is 0 Å². The molecule has 0 saturated heterocycles. The van der Waals surface area contributed by atoms with Gasteiger partial charge in [-0.15, -0.1) is 0 Å². The molecule has 1 aromatic carbocycles. The molecule has 0 unspecified atom stereocenters. The summed E-state index contributed by atoms with van der Waals surface area (Å²) in [6.07, 6.45) is 3.04. The largest absolute Gasteiger partial charge is 0.341 e. The first-order valence-electron chi connectivity index (χ1n) is 7.06. The van der Waals surface area contributed by atoms with Crippen molar-refractivity contribution in [3.05, 3.63) is 51.9 Å². The minimum absolute atomic E-state index is 0.679. The molecule has 0 amide bonds. The van der Waals surface area contributed by atoms with Crippen molar-refractivity contribution in [3.8, 4) is 0 Å². The predicted octanol–water partition coefficient (Wildman–Crippen LogP) is 3.00. The van der Waals surface area contributed by atoms with E-state index in [2.05, 4.69) is 56.1 Å². The Labute approximate surface area is 132 Å². The van der Waals surface area contributed by atoms with Gasteiger partial charge in [0.1, 0.15) is 0 Å². The van der Waals surface area contributed by atoms with Gasteiger partial charge in [-0.1, -0.05) is 12.1 Å². The van der Waals surface area contributed by atoms with E-state index in [1.54, 1.807) is 0 Å². The number of hydrogen-bond donors (Lipinski definition) is 1. The molecule has 3 aromatic rings. The summed E-state index contributed by atoms with van der Waals surface area (Å²) >= 11 is 3.64. The highest BCUT2D eigenvalue weighted by Crippen LogP contribution is 2.24. The van der Waals surface area contributed by atoms with E-state index in [1.807, 2.05) is 18.7 Å². The number of halogens is 1. The van der Waals surface area contributed by atoms with Crippen molar-refractivity contribution in [3.63, 3.8) is 0 Å². The van der Waals surface area contributed by atoms with Gasteiger partial charge in [0.15, 0.2) is 0 Å². The fourth-order valence-corrected chi connectivity index (χ4v) is 3.16. The van der Waals surface area contributed by atoms with Crippen LogP contribution in [0.15, 0.2) is 34.9 Å². The average Bonchev–Trinajstić information content (AvgIpc) is 2.96. The van der Waals surface area contributed by atoms with E-state index >= 15 is 0 Å². The number of hydrogen-bond acceptors (Lipinski definition) is 2. The second kappa shape index (κ2) is 5.66. The summed E-state index contributed by atoms with van der Waals surface area (Å²) in [6, 6.07) is 8.71. The van der Waals surface area contributed by atoms with E-state index in [1.165, 1.54) is 22.2 Å². The summed E-state index contributed by atoms with van der Waals surface area (Å²) in [5, 5.41) is 5.71. The summed E-state index contributed by atoms with van der Waals surface area (Å²) in [5.74, 6) is 0. The molecule has 2 N–H and O–H groups in total. The molecule has 21 heavy (non-hydrogen) atoms. The van der Waals surface area contributed by atoms with Crippen LogP contribution in [0.1, 0.15) is 17.0 Å². The van der Waals surface area contributed by atoms with Crippen molar-refractivity contribution in [1.29, 1.82) is 0 Å². The van der Waals surface area contributed by atoms with Gasteiger partial charge in [0.05, 0.1) is 22.4 Å². The van der Waals surface area contributed by atoms with Crippen molar-refractivity contribution in [1.82, 2.24) is 14.3 Å². The van der Waals surface area contributed by atoms with Crippen LogP contribution >= 0.6 is 15.9 Å². The molecule has 110 valence electrons. The fourth-order valence-electron chi connectivity index (χ4n) is 2.70. The van der Waals surface area contributed by atoms with Crippen LogP contribution in [-0.4, -0.2) is 20.9 Å². The summed E-state index contributed by atoms with van der Waals surface area (Å²) < 4.78 is 5.29. The fraction of sp³-hybridized carbons (Fsp3) is 0.312. The van der Waals surface area contributed by atoms with Crippen molar-refractivity contribution >= 4 is 26.8 Å². The van der Waals surface area contributed by atoms with Crippen molar-refractivity contribution in [2.75, 3.05) is 6.54 Å². The first kappa shape index (κ1) is 14.4. The third-order valence-corrected chi connectivity index (χ3v) is 4.88. The maximum Gasteiger partial charge on any atom is 0.0739 e. The monoisotopic (exact) mass is 346 g/mol. The molecule has 2 heterocycles. The quantitative estimate of drug-likeness (QED) is 0.789. The van der Waals surface area contributed by atoms with E-state index in [9.17, 15) is 0 Å². The zero-order valence-corrected chi connectivity index (χ0v) is 13.9. The van der Waals surface area contributed by atoms with E-state index in [0.717, 1.165) is 23.1 Å².